The molecule has 1 aromatic rings. The van der Waals surface area contributed by atoms with Gasteiger partial charge in [-0.25, -0.2) is 0 Å². The highest BCUT2D eigenvalue weighted by Crippen LogP contribution is 2.15. The van der Waals surface area contributed by atoms with Crippen molar-refractivity contribution in [1.29, 1.82) is 0 Å². The van der Waals surface area contributed by atoms with E-state index in [4.69, 9.17) is 10.6 Å². The maximum absolute atomic E-state index is 12.3. The molecule has 0 saturated heterocycles. The first kappa shape index (κ1) is 14.5. The molecule has 5 heteroatoms. The normalized spacial score (nSPS) is 10.2. The van der Waals surface area contributed by atoms with Crippen LogP contribution in [0.25, 0.3) is 0 Å². The number of anilines is 1. The average Bonchev–Trinajstić information content (AvgIpc) is 2.43. The lowest BCUT2D eigenvalue weighted by molar-refractivity contribution is 0.0670. The first-order valence-corrected chi connectivity index (χ1v) is 6.17. The molecule has 0 saturated carbocycles. The van der Waals surface area contributed by atoms with Gasteiger partial charge in [0.15, 0.2) is 0 Å². The van der Waals surface area contributed by atoms with E-state index in [0.717, 1.165) is 0 Å². The number of nitrogens with two attached hydrogens (primary N) is 1. The Morgan fingerprint density at radius 2 is 2.11 bits per heavy atom. The van der Waals surface area contributed by atoms with Gasteiger partial charge in [0.25, 0.3) is 5.91 Å². The van der Waals surface area contributed by atoms with Crippen molar-refractivity contribution in [2.45, 2.75) is 13.8 Å². The number of para-hydroxylation sites is 1. The number of amides is 1. The zero-order valence-corrected chi connectivity index (χ0v) is 11.0. The number of nitrogens with zero attached hydrogens (tertiary/aromatic N) is 1. The number of likely N-dealkylation sites (N-methyl/N-ethyl adjacent to an activating group) is 1. The number of hydrogen-bond acceptors (Lipinski definition) is 4. The second-order valence-corrected chi connectivity index (χ2v) is 3.77. The third-order valence-electron chi connectivity index (χ3n) is 2.69. The van der Waals surface area contributed by atoms with Crippen LogP contribution in [0.4, 0.5) is 5.69 Å². The Balaban J connectivity index is 2.76. The van der Waals surface area contributed by atoms with Crippen molar-refractivity contribution in [3.05, 3.63) is 29.8 Å². The molecule has 100 valence electrons. The van der Waals surface area contributed by atoms with Crippen LogP contribution in [0.15, 0.2) is 24.3 Å². The quantitative estimate of drug-likeness (QED) is 0.437. The van der Waals surface area contributed by atoms with E-state index in [0.29, 0.717) is 37.6 Å². The van der Waals surface area contributed by atoms with Crippen LogP contribution >= 0.6 is 0 Å². The van der Waals surface area contributed by atoms with Crippen molar-refractivity contribution in [3.63, 3.8) is 0 Å². The van der Waals surface area contributed by atoms with Gasteiger partial charge in [0, 0.05) is 19.7 Å². The summed E-state index contributed by atoms with van der Waals surface area (Å²) >= 11 is 0. The average molecular weight is 251 g/mol. The predicted molar refractivity (Wildman–Crippen MR) is 72.3 cm³/mol. The number of nitrogens with one attached hydrogen (secondary N) is 1. The molecular weight excluding hydrogens is 230 g/mol. The van der Waals surface area contributed by atoms with Crippen molar-refractivity contribution < 1.29 is 9.53 Å². The summed E-state index contributed by atoms with van der Waals surface area (Å²) in [5.74, 6) is 5.37. The van der Waals surface area contributed by atoms with Gasteiger partial charge in [0.2, 0.25) is 0 Å². The van der Waals surface area contributed by atoms with Crippen LogP contribution in [0.5, 0.6) is 0 Å². The van der Waals surface area contributed by atoms with Gasteiger partial charge in [0.1, 0.15) is 0 Å². The van der Waals surface area contributed by atoms with Crippen LogP contribution in [-0.2, 0) is 4.74 Å². The number of ether oxygens (including phenoxy) is 1. The largest absolute Gasteiger partial charge is 0.380 e. The van der Waals surface area contributed by atoms with E-state index in [1.165, 1.54) is 0 Å². The molecule has 18 heavy (non-hydrogen) atoms. The fourth-order valence-electron chi connectivity index (χ4n) is 1.69. The topological polar surface area (TPSA) is 67.6 Å². The van der Waals surface area contributed by atoms with Gasteiger partial charge in [0.05, 0.1) is 17.9 Å². The number of nitrogen functional groups attached to an aromatic ring is 1. The van der Waals surface area contributed by atoms with Gasteiger partial charge in [-0.15, -0.1) is 0 Å². The Kier molecular flexibility index (Phi) is 6.18. The number of carbonyl (C=O) groups is 1. The molecule has 1 aromatic carbocycles. The fraction of sp³-hybridized carbons (Fsp3) is 0.462. The first-order valence-electron chi connectivity index (χ1n) is 6.17. The second-order valence-electron chi connectivity index (χ2n) is 3.77. The van der Waals surface area contributed by atoms with Gasteiger partial charge >= 0.3 is 0 Å². The minimum Gasteiger partial charge on any atom is -0.380 e. The van der Waals surface area contributed by atoms with Crippen molar-refractivity contribution in [3.8, 4) is 0 Å². The summed E-state index contributed by atoms with van der Waals surface area (Å²) in [5.41, 5.74) is 3.76. The lowest BCUT2D eigenvalue weighted by Crippen LogP contribution is -2.34. The SMILES string of the molecule is CCOCCN(CC)C(=O)c1ccccc1NN. The summed E-state index contributed by atoms with van der Waals surface area (Å²) in [6.07, 6.45) is 0. The van der Waals surface area contributed by atoms with Crippen LogP contribution in [0.1, 0.15) is 24.2 Å². The highest BCUT2D eigenvalue weighted by molar-refractivity contribution is 5.99. The number of hydrogen-bond donors (Lipinski definition) is 2. The van der Waals surface area contributed by atoms with Crippen molar-refractivity contribution in [2.24, 2.45) is 5.84 Å². The van der Waals surface area contributed by atoms with Crippen molar-refractivity contribution in [1.82, 2.24) is 4.90 Å². The Bertz CT molecular complexity index is 382. The zero-order chi connectivity index (χ0) is 13.4. The van der Waals surface area contributed by atoms with Gasteiger partial charge in [-0.05, 0) is 26.0 Å². The van der Waals surface area contributed by atoms with Gasteiger partial charge in [-0.2, -0.15) is 0 Å². The Hall–Kier alpha value is -1.59. The molecular formula is C13H21N3O2. The van der Waals surface area contributed by atoms with E-state index in [-0.39, 0.29) is 5.91 Å². The predicted octanol–water partition coefficient (Wildman–Crippen LogP) is 1.47. The maximum Gasteiger partial charge on any atom is 0.256 e. The van der Waals surface area contributed by atoms with E-state index < -0.39 is 0 Å². The molecule has 3 N–H and O–H groups in total. The summed E-state index contributed by atoms with van der Waals surface area (Å²) in [7, 11) is 0. The maximum atomic E-state index is 12.3. The van der Waals surface area contributed by atoms with Gasteiger partial charge < -0.3 is 15.1 Å². The number of rotatable bonds is 7. The van der Waals surface area contributed by atoms with Crippen LogP contribution in [0, 0.1) is 0 Å². The lowest BCUT2D eigenvalue weighted by Gasteiger charge is -2.22. The van der Waals surface area contributed by atoms with E-state index in [2.05, 4.69) is 5.43 Å². The second kappa shape index (κ2) is 7.68. The van der Waals surface area contributed by atoms with Crippen LogP contribution < -0.4 is 11.3 Å². The number of carbonyl (C=O) groups excluding carboxylic acids is 1. The minimum absolute atomic E-state index is 0.0363. The van der Waals surface area contributed by atoms with Crippen LogP contribution in [0.2, 0.25) is 0 Å². The monoisotopic (exact) mass is 251 g/mol. The molecule has 0 atom stereocenters. The lowest BCUT2D eigenvalue weighted by atomic mass is 10.1. The molecule has 0 unspecified atom stereocenters. The van der Waals surface area contributed by atoms with Crippen LogP contribution in [0.3, 0.4) is 0 Å². The Morgan fingerprint density at radius 1 is 1.39 bits per heavy atom. The Morgan fingerprint density at radius 3 is 2.72 bits per heavy atom. The molecule has 0 aliphatic heterocycles. The molecule has 0 aliphatic rings. The molecule has 0 bridgehead atoms. The molecule has 0 aliphatic carbocycles. The van der Waals surface area contributed by atoms with Crippen molar-refractivity contribution >= 4 is 11.6 Å². The van der Waals surface area contributed by atoms with E-state index in [1.807, 2.05) is 26.0 Å². The summed E-state index contributed by atoms with van der Waals surface area (Å²) in [5, 5.41) is 0. The van der Waals surface area contributed by atoms with Crippen molar-refractivity contribution in [2.75, 3.05) is 31.7 Å². The molecule has 1 rings (SSSR count). The van der Waals surface area contributed by atoms with Gasteiger partial charge in [-0.1, -0.05) is 12.1 Å². The molecule has 0 fully saturated rings. The summed E-state index contributed by atoms with van der Waals surface area (Å²) in [6.45, 7) is 6.32. The van der Waals surface area contributed by atoms with E-state index in [9.17, 15) is 4.79 Å². The van der Waals surface area contributed by atoms with Crippen LogP contribution in [-0.4, -0.2) is 37.1 Å². The fourth-order valence-corrected chi connectivity index (χ4v) is 1.69. The first-order chi connectivity index (χ1) is 8.74. The molecule has 0 radical (unpaired) electrons. The van der Waals surface area contributed by atoms with E-state index in [1.54, 1.807) is 17.0 Å². The summed E-state index contributed by atoms with van der Waals surface area (Å²) in [4.78, 5) is 14.1. The smallest absolute Gasteiger partial charge is 0.256 e. The number of hydrazine groups is 1. The minimum atomic E-state index is -0.0363. The highest BCUT2D eigenvalue weighted by Gasteiger charge is 2.16. The summed E-state index contributed by atoms with van der Waals surface area (Å²) in [6, 6.07) is 7.21. The molecule has 0 spiro atoms. The Labute approximate surface area is 108 Å². The van der Waals surface area contributed by atoms with Gasteiger partial charge in [-0.3, -0.25) is 10.6 Å². The third-order valence-corrected chi connectivity index (χ3v) is 2.69. The molecule has 0 heterocycles. The third kappa shape index (κ3) is 3.72. The summed E-state index contributed by atoms with van der Waals surface area (Å²) < 4.78 is 5.27. The highest BCUT2D eigenvalue weighted by atomic mass is 16.5. The van der Waals surface area contributed by atoms with E-state index >= 15 is 0 Å². The molecule has 0 aromatic heterocycles. The molecule has 1 amide bonds. The zero-order valence-electron chi connectivity index (χ0n) is 11.0. The number of benzene rings is 1. The standard InChI is InChI=1S/C13H21N3O2/c1-3-16(9-10-18-4-2)13(17)11-7-5-6-8-12(11)15-14/h5-8,15H,3-4,9-10,14H2,1-2H3. The molecule has 5 nitrogen and oxygen atoms in total.